The number of methoxy groups -OCH3 is 2. The lowest BCUT2D eigenvalue weighted by atomic mass is 10.2. The number of carbonyl (C=O) groups excluding carboxylic acids is 2. The Morgan fingerprint density at radius 1 is 1.38 bits per heavy atom. The molecule has 1 fully saturated rings. The molecule has 0 unspecified atom stereocenters. The van der Waals surface area contributed by atoms with Gasteiger partial charge in [0.1, 0.15) is 6.04 Å². The van der Waals surface area contributed by atoms with Gasteiger partial charge in [-0.15, -0.1) is 0 Å². The SMILES string of the molecule is COC(=O)[C@@H]1C[CH]CN1C(=O)OC. The van der Waals surface area contributed by atoms with Gasteiger partial charge in [-0.2, -0.15) is 0 Å². The molecule has 0 spiro atoms. The van der Waals surface area contributed by atoms with E-state index in [-0.39, 0.29) is 0 Å². The van der Waals surface area contributed by atoms with Crippen LogP contribution >= 0.6 is 0 Å². The lowest BCUT2D eigenvalue weighted by molar-refractivity contribution is -0.145. The predicted octanol–water partition coefficient (Wildman–Crippen LogP) is 0.204. The molecule has 1 heterocycles. The van der Waals surface area contributed by atoms with Gasteiger partial charge in [0.05, 0.1) is 14.2 Å². The van der Waals surface area contributed by atoms with E-state index in [0.29, 0.717) is 13.0 Å². The van der Waals surface area contributed by atoms with Crippen LogP contribution in [0.5, 0.6) is 0 Å². The molecule has 5 heteroatoms. The highest BCUT2D eigenvalue weighted by atomic mass is 16.5. The predicted molar refractivity (Wildman–Crippen MR) is 43.8 cm³/mol. The topological polar surface area (TPSA) is 55.8 Å². The van der Waals surface area contributed by atoms with Crippen LogP contribution in [0.2, 0.25) is 0 Å². The minimum absolute atomic E-state index is 0.404. The quantitative estimate of drug-likeness (QED) is 0.549. The van der Waals surface area contributed by atoms with Crippen molar-refractivity contribution in [3.8, 4) is 0 Å². The molecule has 1 amide bonds. The maximum atomic E-state index is 11.2. The Labute approximate surface area is 76.6 Å². The van der Waals surface area contributed by atoms with Crippen molar-refractivity contribution < 1.29 is 19.1 Å². The molecule has 0 saturated carbocycles. The third-order valence-electron chi connectivity index (χ3n) is 1.97. The van der Waals surface area contributed by atoms with E-state index in [4.69, 9.17) is 0 Å². The Balaban J connectivity index is 2.63. The van der Waals surface area contributed by atoms with E-state index in [1.807, 2.05) is 6.42 Å². The van der Waals surface area contributed by atoms with Crippen molar-refractivity contribution in [3.05, 3.63) is 6.42 Å². The zero-order valence-electron chi connectivity index (χ0n) is 7.65. The van der Waals surface area contributed by atoms with E-state index in [0.717, 1.165) is 0 Å². The summed E-state index contributed by atoms with van der Waals surface area (Å²) in [6.45, 7) is 0.437. The van der Waals surface area contributed by atoms with Crippen LogP contribution in [0.25, 0.3) is 0 Å². The summed E-state index contributed by atoms with van der Waals surface area (Å²) in [7, 11) is 2.59. The second kappa shape index (κ2) is 4.11. The molecular formula is C8H12NO4. The molecule has 0 aromatic rings. The fourth-order valence-electron chi connectivity index (χ4n) is 1.30. The van der Waals surface area contributed by atoms with Crippen molar-refractivity contribution in [1.29, 1.82) is 0 Å². The van der Waals surface area contributed by atoms with Gasteiger partial charge in [0, 0.05) is 6.54 Å². The van der Waals surface area contributed by atoms with Crippen LogP contribution in [-0.4, -0.2) is 43.8 Å². The molecule has 5 nitrogen and oxygen atoms in total. The van der Waals surface area contributed by atoms with Gasteiger partial charge in [0.2, 0.25) is 0 Å². The molecule has 0 N–H and O–H groups in total. The molecule has 1 radical (unpaired) electrons. The Morgan fingerprint density at radius 2 is 2.08 bits per heavy atom. The molecule has 0 aliphatic carbocycles. The number of ether oxygens (including phenoxy) is 2. The molecule has 1 aliphatic rings. The third kappa shape index (κ3) is 1.91. The van der Waals surface area contributed by atoms with Crippen LogP contribution in [0.4, 0.5) is 4.79 Å². The van der Waals surface area contributed by atoms with Crippen LogP contribution < -0.4 is 0 Å². The van der Waals surface area contributed by atoms with Crippen LogP contribution in [0, 0.1) is 6.42 Å². The summed E-state index contributed by atoms with van der Waals surface area (Å²) < 4.78 is 9.07. The number of hydrogen-bond acceptors (Lipinski definition) is 4. The van der Waals surface area contributed by atoms with Gasteiger partial charge in [-0.05, 0) is 12.8 Å². The van der Waals surface area contributed by atoms with Crippen LogP contribution in [0.1, 0.15) is 6.42 Å². The first-order valence-electron chi connectivity index (χ1n) is 3.94. The number of esters is 1. The number of rotatable bonds is 1. The fraction of sp³-hybridized carbons (Fsp3) is 0.625. The van der Waals surface area contributed by atoms with Crippen LogP contribution in [0.3, 0.4) is 0 Å². The second-order valence-electron chi connectivity index (χ2n) is 2.69. The molecule has 73 valence electrons. The highest BCUT2D eigenvalue weighted by molar-refractivity contribution is 5.82. The average Bonchev–Trinajstić information content (AvgIpc) is 2.63. The summed E-state index contributed by atoms with van der Waals surface area (Å²) in [5, 5.41) is 0. The Kier molecular flexibility index (Phi) is 3.11. The molecule has 0 aromatic carbocycles. The van der Waals surface area contributed by atoms with Gasteiger partial charge in [0.25, 0.3) is 0 Å². The zero-order chi connectivity index (χ0) is 9.84. The fourth-order valence-corrected chi connectivity index (χ4v) is 1.30. The van der Waals surface area contributed by atoms with E-state index < -0.39 is 18.1 Å². The molecule has 1 atom stereocenters. The largest absolute Gasteiger partial charge is 0.467 e. The first kappa shape index (κ1) is 9.83. The standard InChI is InChI=1S/C8H12NO4/c1-12-7(10)6-4-3-5-9(6)8(11)13-2/h3,6H,4-5H2,1-2H3/t6-/m0/s1. The first-order valence-corrected chi connectivity index (χ1v) is 3.94. The lowest BCUT2D eigenvalue weighted by Crippen LogP contribution is -2.40. The lowest BCUT2D eigenvalue weighted by Gasteiger charge is -2.20. The molecule has 1 saturated heterocycles. The van der Waals surface area contributed by atoms with Gasteiger partial charge in [-0.3, -0.25) is 4.90 Å². The highest BCUT2D eigenvalue weighted by Crippen LogP contribution is 2.17. The normalized spacial score (nSPS) is 21.4. The molecular weight excluding hydrogens is 174 g/mol. The van der Waals surface area contributed by atoms with Crippen molar-refractivity contribution in [2.45, 2.75) is 12.5 Å². The molecule has 13 heavy (non-hydrogen) atoms. The van der Waals surface area contributed by atoms with Crippen LogP contribution in [0.15, 0.2) is 0 Å². The van der Waals surface area contributed by atoms with E-state index >= 15 is 0 Å². The minimum atomic E-state index is -0.516. The Morgan fingerprint density at radius 3 is 2.62 bits per heavy atom. The molecule has 0 aromatic heterocycles. The number of nitrogens with zero attached hydrogens (tertiary/aromatic N) is 1. The minimum Gasteiger partial charge on any atom is -0.467 e. The first-order chi connectivity index (χ1) is 6.20. The molecule has 0 bridgehead atoms. The van der Waals surface area contributed by atoms with Crippen molar-refractivity contribution in [2.75, 3.05) is 20.8 Å². The zero-order valence-corrected chi connectivity index (χ0v) is 7.65. The number of amides is 1. The Hall–Kier alpha value is -1.26. The summed E-state index contributed by atoms with van der Waals surface area (Å²) in [6, 6.07) is -0.516. The summed E-state index contributed by atoms with van der Waals surface area (Å²) >= 11 is 0. The average molecular weight is 186 g/mol. The third-order valence-corrected chi connectivity index (χ3v) is 1.97. The van der Waals surface area contributed by atoms with Crippen molar-refractivity contribution >= 4 is 12.1 Å². The van der Waals surface area contributed by atoms with E-state index in [9.17, 15) is 9.59 Å². The van der Waals surface area contributed by atoms with Gasteiger partial charge in [-0.1, -0.05) is 0 Å². The number of carbonyl (C=O) groups is 2. The Bertz CT molecular complexity index is 194. The number of likely N-dealkylation sites (tertiary alicyclic amines) is 1. The van der Waals surface area contributed by atoms with Gasteiger partial charge >= 0.3 is 12.1 Å². The maximum Gasteiger partial charge on any atom is 0.410 e. The van der Waals surface area contributed by atoms with E-state index in [2.05, 4.69) is 9.47 Å². The van der Waals surface area contributed by atoms with Crippen molar-refractivity contribution in [3.63, 3.8) is 0 Å². The van der Waals surface area contributed by atoms with E-state index in [1.54, 1.807) is 0 Å². The second-order valence-corrected chi connectivity index (χ2v) is 2.69. The van der Waals surface area contributed by atoms with Gasteiger partial charge in [-0.25, -0.2) is 9.59 Å². The smallest absolute Gasteiger partial charge is 0.410 e. The summed E-state index contributed by atoms with van der Waals surface area (Å²) in [4.78, 5) is 23.6. The highest BCUT2D eigenvalue weighted by Gasteiger charge is 2.35. The summed E-state index contributed by atoms with van der Waals surface area (Å²) in [5.74, 6) is -0.404. The van der Waals surface area contributed by atoms with Gasteiger partial charge < -0.3 is 9.47 Å². The summed E-state index contributed by atoms with van der Waals surface area (Å²) in [6.07, 6.45) is 1.88. The number of hydrogen-bond donors (Lipinski definition) is 0. The monoisotopic (exact) mass is 186 g/mol. The molecule has 1 aliphatic heterocycles. The maximum absolute atomic E-state index is 11.2. The van der Waals surface area contributed by atoms with Gasteiger partial charge in [0.15, 0.2) is 0 Å². The summed E-state index contributed by atoms with van der Waals surface area (Å²) in [5.41, 5.74) is 0. The molecule has 1 rings (SSSR count). The van der Waals surface area contributed by atoms with Crippen molar-refractivity contribution in [1.82, 2.24) is 4.90 Å². The van der Waals surface area contributed by atoms with Crippen LogP contribution in [-0.2, 0) is 14.3 Å². The van der Waals surface area contributed by atoms with Crippen molar-refractivity contribution in [2.24, 2.45) is 0 Å². The van der Waals surface area contributed by atoms with E-state index in [1.165, 1.54) is 19.1 Å².